The lowest BCUT2D eigenvalue weighted by Crippen LogP contribution is -2.41. The van der Waals surface area contributed by atoms with Crippen LogP contribution in [0.3, 0.4) is 0 Å². The second-order valence-electron chi connectivity index (χ2n) is 10.1. The Kier molecular flexibility index (Phi) is 10.2. The third-order valence-electron chi connectivity index (χ3n) is 5.95. The van der Waals surface area contributed by atoms with E-state index in [1.165, 1.54) is 17.5 Å². The normalized spacial score (nSPS) is 16.1. The van der Waals surface area contributed by atoms with Gasteiger partial charge in [0.05, 0.1) is 11.7 Å². The fraction of sp³-hybridized carbons (Fsp3) is 0.355. The molecule has 3 aromatic rings. The molecule has 1 aliphatic rings. The molecule has 2 aromatic carbocycles. The molecule has 0 N–H and O–H groups in total. The number of amides is 1. The molecule has 1 fully saturated rings. The zero-order chi connectivity index (χ0) is 27.5. The number of benzene rings is 2. The molecule has 7 nitrogen and oxygen atoms in total. The van der Waals surface area contributed by atoms with E-state index in [0.29, 0.717) is 5.96 Å². The first-order valence-electron chi connectivity index (χ1n) is 13.0. The van der Waals surface area contributed by atoms with Gasteiger partial charge in [-0.25, -0.2) is 14.5 Å². The third-order valence-corrected chi connectivity index (χ3v) is 5.95. The van der Waals surface area contributed by atoms with Gasteiger partial charge in [-0.3, -0.25) is 4.99 Å². The van der Waals surface area contributed by atoms with Gasteiger partial charge in [-0.05, 0) is 58.6 Å². The maximum absolute atomic E-state index is 12.3. The number of piperidine rings is 1. The third kappa shape index (κ3) is 8.26. The van der Waals surface area contributed by atoms with Crippen LogP contribution in [0.15, 0.2) is 89.5 Å². The van der Waals surface area contributed by atoms with Crippen molar-refractivity contribution in [1.29, 1.82) is 0 Å². The van der Waals surface area contributed by atoms with Crippen LogP contribution in [0.5, 0.6) is 0 Å². The quantitative estimate of drug-likeness (QED) is 0.277. The molecule has 1 saturated heterocycles. The highest BCUT2D eigenvalue weighted by molar-refractivity contribution is 5.91. The Morgan fingerprint density at radius 3 is 2.42 bits per heavy atom. The molecule has 0 radical (unpaired) electrons. The average molecular weight is 514 g/mol. The van der Waals surface area contributed by atoms with Crippen LogP contribution in [-0.4, -0.2) is 52.1 Å². The largest absolute Gasteiger partial charge is 0.444 e. The number of carbonyl (C=O) groups excluding carboxylic acids is 1. The number of ether oxygens (including phenoxy) is 1. The molecule has 0 aliphatic carbocycles. The molecule has 0 saturated carbocycles. The summed E-state index contributed by atoms with van der Waals surface area (Å²) in [7, 11) is 1.68. The number of aliphatic imine (C=N–C) groups is 2. The van der Waals surface area contributed by atoms with Crippen molar-refractivity contribution in [2.24, 2.45) is 9.98 Å². The van der Waals surface area contributed by atoms with E-state index in [4.69, 9.17) is 4.74 Å². The van der Waals surface area contributed by atoms with Gasteiger partial charge in [0.25, 0.3) is 0 Å². The van der Waals surface area contributed by atoms with E-state index in [1.54, 1.807) is 24.0 Å². The highest BCUT2D eigenvalue weighted by Crippen LogP contribution is 2.32. The summed E-state index contributed by atoms with van der Waals surface area (Å²) in [5, 5.41) is 4.47. The number of allylic oxidation sites excluding steroid dienone is 1. The Labute approximate surface area is 226 Å². The lowest BCUT2D eigenvalue weighted by atomic mass is 9.96. The molecule has 7 heteroatoms. The van der Waals surface area contributed by atoms with Gasteiger partial charge in [-0.2, -0.15) is 5.10 Å². The molecular weight excluding hydrogens is 474 g/mol. The molecule has 1 aromatic heterocycles. The fourth-order valence-corrected chi connectivity index (χ4v) is 4.14. The van der Waals surface area contributed by atoms with Crippen molar-refractivity contribution in [1.82, 2.24) is 14.7 Å². The van der Waals surface area contributed by atoms with Crippen molar-refractivity contribution in [3.05, 3.63) is 90.6 Å². The number of hydrogen-bond donors (Lipinski definition) is 0. The van der Waals surface area contributed by atoms with Gasteiger partial charge in [0.15, 0.2) is 0 Å². The van der Waals surface area contributed by atoms with Crippen LogP contribution in [0.25, 0.3) is 11.3 Å². The number of nitrogens with zero attached hydrogens (tertiary/aromatic N) is 5. The summed E-state index contributed by atoms with van der Waals surface area (Å²) in [5.41, 5.74) is 3.97. The molecule has 0 spiro atoms. The molecule has 0 bridgehead atoms. The van der Waals surface area contributed by atoms with Gasteiger partial charge >= 0.3 is 6.09 Å². The maximum atomic E-state index is 12.3. The molecule has 1 aliphatic heterocycles. The van der Waals surface area contributed by atoms with E-state index < -0.39 is 5.60 Å². The average Bonchev–Trinajstić information content (AvgIpc) is 3.40. The van der Waals surface area contributed by atoms with E-state index in [2.05, 4.69) is 65.0 Å². The number of hydrogen-bond acceptors (Lipinski definition) is 4. The summed E-state index contributed by atoms with van der Waals surface area (Å²) >= 11 is 0. The highest BCUT2D eigenvalue weighted by Gasteiger charge is 2.31. The molecule has 1 unspecified atom stereocenters. The maximum Gasteiger partial charge on any atom is 0.410 e. The lowest BCUT2D eigenvalue weighted by Gasteiger charge is -2.37. The smallest absolute Gasteiger partial charge is 0.410 e. The molecule has 200 valence electrons. The minimum atomic E-state index is -0.435. The van der Waals surface area contributed by atoms with Crippen LogP contribution in [0.4, 0.5) is 4.79 Å². The molecule has 38 heavy (non-hydrogen) atoms. The van der Waals surface area contributed by atoms with Crippen LogP contribution in [0, 0.1) is 6.92 Å². The molecule has 1 amide bonds. The van der Waals surface area contributed by atoms with Crippen molar-refractivity contribution in [3.63, 3.8) is 0 Å². The van der Waals surface area contributed by atoms with Crippen LogP contribution in [-0.2, 0) is 4.74 Å². The van der Waals surface area contributed by atoms with Gasteiger partial charge in [-0.1, -0.05) is 72.8 Å². The Morgan fingerprint density at radius 1 is 1.08 bits per heavy atom. The fourth-order valence-electron chi connectivity index (χ4n) is 4.14. The SMILES string of the molecule is C=C/C=N\C(=NC)n1ccc(-c2ccc(C)cc2)n1.CC(C)(C)OC(=O)N1CCCCC1c1ccccc1. The Bertz CT molecular complexity index is 1240. The van der Waals surface area contributed by atoms with E-state index in [0.717, 1.165) is 30.6 Å². The van der Waals surface area contributed by atoms with Crippen molar-refractivity contribution < 1.29 is 9.53 Å². The Hall–Kier alpha value is -4.00. The first-order valence-corrected chi connectivity index (χ1v) is 13.0. The number of aromatic nitrogens is 2. The van der Waals surface area contributed by atoms with E-state index >= 15 is 0 Å². The van der Waals surface area contributed by atoms with Gasteiger partial charge in [0, 0.05) is 31.6 Å². The van der Waals surface area contributed by atoms with Gasteiger partial charge in [0.1, 0.15) is 5.60 Å². The second-order valence-corrected chi connectivity index (χ2v) is 10.1. The van der Waals surface area contributed by atoms with E-state index in [1.807, 2.05) is 56.1 Å². The molecule has 4 rings (SSSR count). The van der Waals surface area contributed by atoms with Gasteiger partial charge in [-0.15, -0.1) is 0 Å². The van der Waals surface area contributed by atoms with Crippen LogP contribution in [0.2, 0.25) is 0 Å². The topological polar surface area (TPSA) is 72.1 Å². The lowest BCUT2D eigenvalue weighted by molar-refractivity contribution is 0.00951. The minimum absolute atomic E-state index is 0.157. The van der Waals surface area contributed by atoms with Crippen LogP contribution >= 0.6 is 0 Å². The van der Waals surface area contributed by atoms with Crippen molar-refractivity contribution in [2.45, 2.75) is 58.6 Å². The predicted molar refractivity (Wildman–Crippen MR) is 156 cm³/mol. The molecule has 1 atom stereocenters. The Balaban J connectivity index is 0.000000211. The summed E-state index contributed by atoms with van der Waals surface area (Å²) in [6, 6.07) is 20.6. The molecular formula is C31H39N5O2. The van der Waals surface area contributed by atoms with Crippen LogP contribution < -0.4 is 0 Å². The summed E-state index contributed by atoms with van der Waals surface area (Å²) in [4.78, 5) is 22.4. The minimum Gasteiger partial charge on any atom is -0.444 e. The summed E-state index contributed by atoms with van der Waals surface area (Å²) in [6.07, 6.45) is 8.09. The van der Waals surface area contributed by atoms with Gasteiger partial charge in [0.2, 0.25) is 5.96 Å². The first-order chi connectivity index (χ1) is 18.2. The number of likely N-dealkylation sites (tertiary alicyclic amines) is 1. The van der Waals surface area contributed by atoms with Crippen LogP contribution in [0.1, 0.15) is 57.2 Å². The van der Waals surface area contributed by atoms with Crippen molar-refractivity contribution in [2.75, 3.05) is 13.6 Å². The monoisotopic (exact) mass is 513 g/mol. The zero-order valence-corrected chi connectivity index (χ0v) is 23.2. The van der Waals surface area contributed by atoms with Crippen molar-refractivity contribution >= 4 is 18.3 Å². The van der Waals surface area contributed by atoms with Crippen molar-refractivity contribution in [3.8, 4) is 11.3 Å². The first kappa shape index (κ1) is 28.6. The van der Waals surface area contributed by atoms with E-state index in [-0.39, 0.29) is 12.1 Å². The summed E-state index contributed by atoms with van der Waals surface area (Å²) in [6.45, 7) is 12.2. The number of rotatable bonds is 3. The highest BCUT2D eigenvalue weighted by atomic mass is 16.6. The predicted octanol–water partition coefficient (Wildman–Crippen LogP) is 7.10. The number of aryl methyl sites for hydroxylation is 1. The standard InChI is InChI=1S/C16H23NO2.C15H16N4/c1-16(2,3)19-15(18)17-12-8-7-11-14(17)13-9-5-4-6-10-13;1-4-10-17-15(16-3)19-11-9-14(18-19)13-7-5-12(2)6-8-13/h4-6,9-10,14H,7-8,11-12H2,1-3H3;4-11H,1H2,2-3H3/b;16-15?,17-10-. The number of carbonyl (C=O) groups is 1. The molecule has 2 heterocycles. The Morgan fingerprint density at radius 2 is 1.79 bits per heavy atom. The van der Waals surface area contributed by atoms with E-state index in [9.17, 15) is 4.79 Å². The zero-order valence-electron chi connectivity index (χ0n) is 23.2. The summed E-state index contributed by atoms with van der Waals surface area (Å²) < 4.78 is 7.16. The summed E-state index contributed by atoms with van der Waals surface area (Å²) in [5.74, 6) is 0.526. The van der Waals surface area contributed by atoms with Gasteiger partial charge < -0.3 is 9.64 Å². The second kappa shape index (κ2) is 13.5.